The van der Waals surface area contributed by atoms with E-state index in [0.29, 0.717) is 19.5 Å². The second-order valence-electron chi connectivity index (χ2n) is 6.21. The van der Waals surface area contributed by atoms with Crippen LogP contribution in [0.5, 0.6) is 11.5 Å². The van der Waals surface area contributed by atoms with Gasteiger partial charge in [0, 0.05) is 12.5 Å². The van der Waals surface area contributed by atoms with Gasteiger partial charge >= 0.3 is 15.6 Å². The van der Waals surface area contributed by atoms with Gasteiger partial charge in [-0.25, -0.2) is 9.13 Å². The van der Waals surface area contributed by atoms with Crippen LogP contribution in [0.3, 0.4) is 0 Å². The van der Waals surface area contributed by atoms with E-state index in [-0.39, 0.29) is 17.4 Å². The molecule has 3 rings (SSSR count). The van der Waals surface area contributed by atoms with Gasteiger partial charge in [-0.2, -0.15) is 0 Å². The number of hydrogen-bond donors (Lipinski definition) is 5. The molecular formula is C16H19NO10P2. The summed E-state index contributed by atoms with van der Waals surface area (Å²) in [5.41, 5.74) is 2.54. The van der Waals surface area contributed by atoms with E-state index in [1.165, 1.54) is 12.1 Å². The molecule has 11 nitrogen and oxygen atoms in total. The third-order valence-electron chi connectivity index (χ3n) is 4.15. The number of nitrogens with one attached hydrogen (secondary N) is 1. The Balaban J connectivity index is 2.03. The molecule has 5 N–H and O–H groups in total. The monoisotopic (exact) mass is 447 g/mol. The fraction of sp³-hybridized carbons (Fsp3) is 0.250. The fourth-order valence-corrected chi connectivity index (χ4v) is 3.38. The normalized spacial score (nSPS) is 17.3. The van der Waals surface area contributed by atoms with E-state index < -0.39 is 15.6 Å². The minimum Gasteiger partial charge on any atom is -0.323 e. The lowest BCUT2D eigenvalue weighted by Crippen LogP contribution is -2.20. The quantitative estimate of drug-likeness (QED) is 0.239. The van der Waals surface area contributed by atoms with E-state index in [1.807, 2.05) is 30.3 Å². The molecule has 0 radical (unpaired) electrons. The number of rotatable bonds is 7. The van der Waals surface area contributed by atoms with Gasteiger partial charge in [0.05, 0.1) is 0 Å². The van der Waals surface area contributed by atoms with Gasteiger partial charge in [-0.3, -0.25) is 0 Å². The van der Waals surface area contributed by atoms with Crippen LogP contribution in [0.25, 0.3) is 0 Å². The van der Waals surface area contributed by atoms with Crippen LogP contribution in [0.4, 0.5) is 0 Å². The summed E-state index contributed by atoms with van der Waals surface area (Å²) >= 11 is 0. The average Bonchev–Trinajstić information content (AvgIpc) is 2.85. The van der Waals surface area contributed by atoms with Crippen LogP contribution in [0.15, 0.2) is 42.5 Å². The molecule has 13 heteroatoms. The molecule has 1 unspecified atom stereocenters. The van der Waals surface area contributed by atoms with E-state index in [4.69, 9.17) is 24.5 Å². The maximum Gasteiger partial charge on any atom is 0.505 e. The highest BCUT2D eigenvalue weighted by Crippen LogP contribution is 2.44. The first-order valence-corrected chi connectivity index (χ1v) is 11.4. The molecule has 0 aromatic heterocycles. The highest BCUT2D eigenvalue weighted by atomic mass is 31.2. The molecule has 0 saturated carbocycles. The Morgan fingerprint density at radius 2 is 1.48 bits per heavy atom. The van der Waals surface area contributed by atoms with Gasteiger partial charge in [0.15, 0.2) is 0 Å². The maximum absolute atomic E-state index is 11.0. The van der Waals surface area contributed by atoms with Gasteiger partial charge in [0.25, 0.3) is 0 Å². The second-order valence-corrected chi connectivity index (χ2v) is 8.47. The summed E-state index contributed by atoms with van der Waals surface area (Å²) in [6.45, 7) is 1.23. The lowest BCUT2D eigenvalue weighted by molar-refractivity contribution is -0.147. The van der Waals surface area contributed by atoms with Crippen molar-refractivity contribution in [1.82, 2.24) is 5.32 Å². The van der Waals surface area contributed by atoms with Crippen LogP contribution in [0.1, 0.15) is 22.6 Å². The summed E-state index contributed by atoms with van der Waals surface area (Å²) in [6.07, 6.45) is 0.560. The van der Waals surface area contributed by atoms with Crippen molar-refractivity contribution in [2.45, 2.75) is 12.3 Å². The van der Waals surface area contributed by atoms with Gasteiger partial charge in [-0.1, -0.05) is 39.7 Å². The summed E-state index contributed by atoms with van der Waals surface area (Å²) in [7, 11) is -9.98. The Kier molecular flexibility index (Phi) is 6.75. The molecule has 1 atom stereocenters. The van der Waals surface area contributed by atoms with Crippen molar-refractivity contribution >= 4 is 15.6 Å². The predicted molar refractivity (Wildman–Crippen MR) is 98.8 cm³/mol. The van der Waals surface area contributed by atoms with Crippen molar-refractivity contribution < 1.29 is 47.8 Å². The van der Waals surface area contributed by atoms with Crippen LogP contribution in [0, 0.1) is 0 Å². The maximum atomic E-state index is 11.0. The molecule has 2 aromatic rings. The Morgan fingerprint density at radius 3 is 2.07 bits per heavy atom. The molecule has 0 saturated heterocycles. The molecule has 0 fully saturated rings. The SMILES string of the molecule is O=P(O)(O)OOc1cc2c(cc1OOP(=O)(O)O)C(c1ccccc1)CNCC2. The molecule has 158 valence electrons. The zero-order chi connectivity index (χ0) is 21.1. The summed E-state index contributed by atoms with van der Waals surface area (Å²) in [5.74, 6) is -0.750. The zero-order valence-electron chi connectivity index (χ0n) is 14.9. The molecular weight excluding hydrogens is 428 g/mol. The van der Waals surface area contributed by atoms with Crippen molar-refractivity contribution in [3.63, 3.8) is 0 Å². The third kappa shape index (κ3) is 6.35. The van der Waals surface area contributed by atoms with E-state index in [9.17, 15) is 9.13 Å². The first-order chi connectivity index (χ1) is 13.6. The predicted octanol–water partition coefficient (Wildman–Crippen LogP) is 1.77. The number of phosphoric acid groups is 2. The molecule has 2 aromatic carbocycles. The Labute approximate surface area is 165 Å². The number of hydrogen-bond acceptors (Lipinski definition) is 7. The highest BCUT2D eigenvalue weighted by molar-refractivity contribution is 7.46. The number of fused-ring (bicyclic) bond motifs is 1. The molecule has 0 bridgehead atoms. The second kappa shape index (κ2) is 8.93. The molecule has 29 heavy (non-hydrogen) atoms. The summed E-state index contributed by atoms with van der Waals surface area (Å²) in [5, 5.41) is 3.30. The van der Waals surface area contributed by atoms with Gasteiger partial charge < -0.3 is 34.7 Å². The standard InChI is InChI=1S/C16H19NO10P2/c18-28(19,20)26-24-15-8-12-6-7-17-10-14(11-4-2-1-3-5-11)13(12)9-16(15)25-27-29(21,22)23/h1-5,8-9,14,17H,6-7,10H2,(H2,18,19,20)(H2,21,22,23). The van der Waals surface area contributed by atoms with Crippen LogP contribution in [-0.2, 0) is 24.9 Å². The minimum atomic E-state index is -5.00. The topological polar surface area (TPSA) is 164 Å². The Bertz CT molecular complexity index is 942. The van der Waals surface area contributed by atoms with Crippen molar-refractivity contribution in [3.05, 3.63) is 59.2 Å². The van der Waals surface area contributed by atoms with Crippen LogP contribution in [-0.4, -0.2) is 32.7 Å². The summed E-state index contributed by atoms with van der Waals surface area (Å²) < 4.78 is 30.1. The van der Waals surface area contributed by atoms with Crippen molar-refractivity contribution in [1.29, 1.82) is 0 Å². The third-order valence-corrected chi connectivity index (χ3v) is 4.69. The van der Waals surface area contributed by atoms with Gasteiger partial charge in [-0.05, 0) is 41.8 Å². The largest absolute Gasteiger partial charge is 0.505 e. The zero-order valence-corrected chi connectivity index (χ0v) is 16.7. The van der Waals surface area contributed by atoms with Crippen molar-refractivity contribution in [2.75, 3.05) is 13.1 Å². The first-order valence-electron chi connectivity index (χ1n) is 8.38. The lowest BCUT2D eigenvalue weighted by atomic mass is 9.88. The fourth-order valence-electron chi connectivity index (χ4n) is 3.03. The smallest absolute Gasteiger partial charge is 0.323 e. The molecule has 0 amide bonds. The van der Waals surface area contributed by atoms with Gasteiger partial charge in [-0.15, -0.1) is 0 Å². The summed E-state index contributed by atoms with van der Waals surface area (Å²) in [4.78, 5) is 44.9. The average molecular weight is 447 g/mol. The van der Waals surface area contributed by atoms with Crippen LogP contribution >= 0.6 is 15.6 Å². The Morgan fingerprint density at radius 1 is 0.897 bits per heavy atom. The Hall–Kier alpha value is -1.78. The van der Waals surface area contributed by atoms with Gasteiger partial charge in [0.1, 0.15) is 0 Å². The van der Waals surface area contributed by atoms with Crippen LogP contribution < -0.4 is 15.1 Å². The van der Waals surface area contributed by atoms with E-state index in [1.54, 1.807) is 0 Å². The van der Waals surface area contributed by atoms with E-state index in [2.05, 4.69) is 19.6 Å². The molecule has 1 aliphatic heterocycles. The van der Waals surface area contributed by atoms with Crippen molar-refractivity contribution in [2.24, 2.45) is 0 Å². The lowest BCUT2D eigenvalue weighted by Gasteiger charge is -2.20. The highest BCUT2D eigenvalue weighted by Gasteiger charge is 2.27. The van der Waals surface area contributed by atoms with E-state index in [0.717, 1.165) is 16.7 Å². The minimum absolute atomic E-state index is 0.122. The summed E-state index contributed by atoms with van der Waals surface area (Å²) in [6, 6.07) is 12.4. The number of benzene rings is 2. The van der Waals surface area contributed by atoms with Gasteiger partial charge in [0.2, 0.25) is 11.5 Å². The molecule has 0 aliphatic carbocycles. The first kappa shape index (κ1) is 21.9. The molecule has 1 heterocycles. The van der Waals surface area contributed by atoms with E-state index >= 15 is 0 Å². The molecule has 1 aliphatic rings. The van der Waals surface area contributed by atoms with Crippen LogP contribution in [0.2, 0.25) is 0 Å². The molecule has 0 spiro atoms. The van der Waals surface area contributed by atoms with Crippen molar-refractivity contribution in [3.8, 4) is 11.5 Å².